The Bertz CT molecular complexity index is 870. The van der Waals surface area contributed by atoms with Gasteiger partial charge in [-0.05, 0) is 45.4 Å². The lowest BCUT2D eigenvalue weighted by Gasteiger charge is -2.35. The Morgan fingerprint density at radius 3 is 2.55 bits per heavy atom. The van der Waals surface area contributed by atoms with E-state index in [4.69, 9.17) is 4.74 Å². The first-order valence-electron chi connectivity index (χ1n) is 10.9. The van der Waals surface area contributed by atoms with Crippen molar-refractivity contribution in [3.63, 3.8) is 0 Å². The van der Waals surface area contributed by atoms with Crippen LogP contribution in [0.4, 0.5) is 0 Å². The van der Waals surface area contributed by atoms with Gasteiger partial charge in [0.1, 0.15) is 0 Å². The molecular formula is C23H33N5O2S. The zero-order valence-electron chi connectivity index (χ0n) is 18.9. The van der Waals surface area contributed by atoms with Crippen LogP contribution >= 0.6 is 11.3 Å². The van der Waals surface area contributed by atoms with Crippen LogP contribution in [-0.2, 0) is 17.7 Å². The molecular weight excluding hydrogens is 410 g/mol. The predicted octanol–water partition coefficient (Wildman–Crippen LogP) is 3.00. The number of hydrogen-bond donors (Lipinski definition) is 2. The van der Waals surface area contributed by atoms with Crippen LogP contribution in [0.1, 0.15) is 47.4 Å². The van der Waals surface area contributed by atoms with Crippen molar-refractivity contribution in [2.24, 2.45) is 4.99 Å². The van der Waals surface area contributed by atoms with Crippen LogP contribution in [0.3, 0.4) is 0 Å². The number of aliphatic imine (C=N–C) groups is 1. The Morgan fingerprint density at radius 1 is 1.23 bits per heavy atom. The van der Waals surface area contributed by atoms with E-state index in [1.165, 1.54) is 0 Å². The lowest BCUT2D eigenvalue weighted by molar-refractivity contribution is -0.0586. The molecule has 7 nitrogen and oxygen atoms in total. The molecule has 1 aromatic carbocycles. The molecule has 2 N–H and O–H groups in total. The maximum atomic E-state index is 12.8. The highest BCUT2D eigenvalue weighted by atomic mass is 32.1. The Kier molecular flexibility index (Phi) is 8.43. The van der Waals surface area contributed by atoms with Crippen LogP contribution < -0.4 is 10.6 Å². The molecule has 1 aliphatic rings. The SMILES string of the molecule is CCNC(=NCc1ccc(C(=O)N2CC(C)OC(C)C2)cc1)NCCc1csc(C)n1. The van der Waals surface area contributed by atoms with Crippen molar-refractivity contribution in [2.75, 3.05) is 26.2 Å². The van der Waals surface area contributed by atoms with Gasteiger partial charge in [0.15, 0.2) is 5.96 Å². The van der Waals surface area contributed by atoms with E-state index in [0.29, 0.717) is 25.2 Å². The number of amides is 1. The summed E-state index contributed by atoms with van der Waals surface area (Å²) in [6, 6.07) is 7.74. The van der Waals surface area contributed by atoms with Gasteiger partial charge in [-0.3, -0.25) is 4.79 Å². The van der Waals surface area contributed by atoms with Crippen molar-refractivity contribution < 1.29 is 9.53 Å². The summed E-state index contributed by atoms with van der Waals surface area (Å²) in [7, 11) is 0. The number of guanidine groups is 1. The number of ether oxygens (including phenoxy) is 1. The molecule has 0 aliphatic carbocycles. The lowest BCUT2D eigenvalue weighted by Crippen LogP contribution is -2.48. The first kappa shape index (κ1) is 23.2. The predicted molar refractivity (Wildman–Crippen MR) is 126 cm³/mol. The Hall–Kier alpha value is -2.45. The fourth-order valence-electron chi connectivity index (χ4n) is 3.62. The number of morpholine rings is 1. The second-order valence-electron chi connectivity index (χ2n) is 7.89. The maximum absolute atomic E-state index is 12.8. The third kappa shape index (κ3) is 7.04. The van der Waals surface area contributed by atoms with Gasteiger partial charge in [-0.2, -0.15) is 0 Å². The fraction of sp³-hybridized carbons (Fsp3) is 0.522. The number of hydrogen-bond acceptors (Lipinski definition) is 5. The monoisotopic (exact) mass is 443 g/mol. The van der Waals surface area contributed by atoms with Gasteiger partial charge < -0.3 is 20.3 Å². The fourth-order valence-corrected chi connectivity index (χ4v) is 4.27. The summed E-state index contributed by atoms with van der Waals surface area (Å²) >= 11 is 1.68. The van der Waals surface area contributed by atoms with Gasteiger partial charge in [0.25, 0.3) is 5.91 Å². The minimum atomic E-state index is 0.0596. The summed E-state index contributed by atoms with van der Waals surface area (Å²) in [5.74, 6) is 0.843. The summed E-state index contributed by atoms with van der Waals surface area (Å²) in [6.45, 7) is 11.5. The number of nitrogens with one attached hydrogen (secondary N) is 2. The number of aromatic nitrogens is 1. The molecule has 0 saturated carbocycles. The van der Waals surface area contributed by atoms with Gasteiger partial charge in [0.05, 0.1) is 29.5 Å². The van der Waals surface area contributed by atoms with Gasteiger partial charge in [0.2, 0.25) is 0 Å². The Labute approximate surface area is 188 Å². The van der Waals surface area contributed by atoms with Crippen molar-refractivity contribution in [3.8, 4) is 0 Å². The Morgan fingerprint density at radius 2 is 1.94 bits per heavy atom. The van der Waals surface area contributed by atoms with Crippen LogP contribution in [0.2, 0.25) is 0 Å². The standard InChI is InChI=1S/C23H33N5O2S/c1-5-24-23(25-11-10-21-15-31-18(4)27-21)26-12-19-6-8-20(9-7-19)22(29)28-13-16(2)30-17(3)14-28/h6-9,15-17H,5,10-14H2,1-4H3,(H2,24,25,26). The van der Waals surface area contributed by atoms with Gasteiger partial charge in [-0.25, -0.2) is 9.98 Å². The molecule has 2 heterocycles. The van der Waals surface area contributed by atoms with Crippen molar-refractivity contribution in [1.29, 1.82) is 0 Å². The number of aryl methyl sites for hydroxylation is 1. The summed E-state index contributed by atoms with van der Waals surface area (Å²) in [6.07, 6.45) is 1.00. The summed E-state index contributed by atoms with van der Waals surface area (Å²) in [5, 5.41) is 9.83. The number of thiazole rings is 1. The number of benzene rings is 1. The van der Waals surface area contributed by atoms with Crippen molar-refractivity contribution >= 4 is 23.2 Å². The highest BCUT2D eigenvalue weighted by Crippen LogP contribution is 2.15. The minimum absolute atomic E-state index is 0.0596. The van der Waals surface area contributed by atoms with E-state index in [0.717, 1.165) is 41.7 Å². The molecule has 3 rings (SSSR count). The van der Waals surface area contributed by atoms with Crippen molar-refractivity contribution in [1.82, 2.24) is 20.5 Å². The molecule has 168 valence electrons. The summed E-state index contributed by atoms with van der Waals surface area (Å²) in [4.78, 5) is 23.8. The third-order valence-electron chi connectivity index (χ3n) is 5.01. The molecule has 0 spiro atoms. The van der Waals surface area contributed by atoms with Crippen molar-refractivity contribution in [3.05, 3.63) is 51.5 Å². The van der Waals surface area contributed by atoms with E-state index in [1.807, 2.05) is 49.9 Å². The highest BCUT2D eigenvalue weighted by Gasteiger charge is 2.26. The third-order valence-corrected chi connectivity index (χ3v) is 5.83. The number of carbonyl (C=O) groups excluding carboxylic acids is 1. The first-order chi connectivity index (χ1) is 14.9. The van der Waals surface area contributed by atoms with Crippen LogP contribution in [0, 0.1) is 6.92 Å². The van der Waals surface area contributed by atoms with E-state index < -0.39 is 0 Å². The molecule has 0 radical (unpaired) electrons. The lowest BCUT2D eigenvalue weighted by atomic mass is 10.1. The number of nitrogens with zero attached hydrogens (tertiary/aromatic N) is 3. The molecule has 2 aromatic rings. The minimum Gasteiger partial charge on any atom is -0.372 e. The van der Waals surface area contributed by atoms with E-state index >= 15 is 0 Å². The van der Waals surface area contributed by atoms with Crippen molar-refractivity contribution in [2.45, 2.75) is 52.9 Å². The molecule has 31 heavy (non-hydrogen) atoms. The van der Waals surface area contributed by atoms with Gasteiger partial charge in [-0.15, -0.1) is 11.3 Å². The van der Waals surface area contributed by atoms with Gasteiger partial charge in [-0.1, -0.05) is 12.1 Å². The van der Waals surface area contributed by atoms with Crippen LogP contribution in [0.25, 0.3) is 0 Å². The summed E-state index contributed by atoms with van der Waals surface area (Å²) < 4.78 is 5.73. The second kappa shape index (κ2) is 11.2. The van der Waals surface area contributed by atoms with E-state index in [2.05, 4.69) is 32.9 Å². The number of rotatable bonds is 7. The quantitative estimate of drug-likeness (QED) is 0.508. The molecule has 2 unspecified atom stereocenters. The molecule has 1 saturated heterocycles. The normalized spacial score (nSPS) is 19.4. The van der Waals surface area contributed by atoms with Crippen LogP contribution in [-0.4, -0.2) is 60.1 Å². The topological polar surface area (TPSA) is 78.9 Å². The smallest absolute Gasteiger partial charge is 0.254 e. The molecule has 0 bridgehead atoms. The second-order valence-corrected chi connectivity index (χ2v) is 8.96. The average molecular weight is 444 g/mol. The van der Waals surface area contributed by atoms with Gasteiger partial charge in [0, 0.05) is 43.5 Å². The zero-order chi connectivity index (χ0) is 22.2. The van der Waals surface area contributed by atoms with E-state index in [9.17, 15) is 4.79 Å². The molecule has 1 amide bonds. The largest absolute Gasteiger partial charge is 0.372 e. The molecule has 2 atom stereocenters. The van der Waals surface area contributed by atoms with Crippen LogP contribution in [0.15, 0.2) is 34.6 Å². The zero-order valence-corrected chi connectivity index (χ0v) is 19.7. The maximum Gasteiger partial charge on any atom is 0.254 e. The van der Waals surface area contributed by atoms with E-state index in [1.54, 1.807) is 11.3 Å². The van der Waals surface area contributed by atoms with Crippen LogP contribution in [0.5, 0.6) is 0 Å². The highest BCUT2D eigenvalue weighted by molar-refractivity contribution is 7.09. The van der Waals surface area contributed by atoms with Gasteiger partial charge >= 0.3 is 0 Å². The molecule has 1 aromatic heterocycles. The Balaban J connectivity index is 1.54. The first-order valence-corrected chi connectivity index (χ1v) is 11.8. The number of carbonyl (C=O) groups is 1. The molecule has 1 aliphatic heterocycles. The molecule has 1 fully saturated rings. The molecule has 8 heteroatoms. The average Bonchev–Trinajstić information content (AvgIpc) is 3.16. The summed E-state index contributed by atoms with van der Waals surface area (Å²) in [5.41, 5.74) is 2.88. The van der Waals surface area contributed by atoms with E-state index in [-0.39, 0.29) is 18.1 Å².